The zero-order chi connectivity index (χ0) is 22.5. The summed E-state index contributed by atoms with van der Waals surface area (Å²) in [5, 5.41) is 7.63. The predicted molar refractivity (Wildman–Crippen MR) is 135 cm³/mol. The van der Waals surface area contributed by atoms with Gasteiger partial charge in [0.2, 0.25) is 5.95 Å². The van der Waals surface area contributed by atoms with E-state index in [9.17, 15) is 0 Å². The molecule has 0 aliphatic carbocycles. The van der Waals surface area contributed by atoms with Gasteiger partial charge in [0.15, 0.2) is 5.11 Å². The molecule has 0 radical (unpaired) electrons. The van der Waals surface area contributed by atoms with E-state index in [1.807, 2.05) is 24.3 Å². The van der Waals surface area contributed by atoms with Gasteiger partial charge in [0, 0.05) is 43.8 Å². The van der Waals surface area contributed by atoms with Crippen LogP contribution in [0.1, 0.15) is 25.8 Å². The molecule has 2 saturated heterocycles. The Morgan fingerprint density at radius 2 is 1.69 bits per heavy atom. The maximum Gasteiger partial charge on any atom is 0.232 e. The van der Waals surface area contributed by atoms with Gasteiger partial charge in [-0.05, 0) is 48.2 Å². The first-order valence-electron chi connectivity index (χ1n) is 11.2. The largest absolute Gasteiger partial charge is 0.378 e. The van der Waals surface area contributed by atoms with E-state index in [-0.39, 0.29) is 0 Å². The van der Waals surface area contributed by atoms with Crippen molar-refractivity contribution in [1.82, 2.24) is 15.3 Å². The molecule has 0 saturated carbocycles. The number of benzene rings is 1. The zero-order valence-corrected chi connectivity index (χ0v) is 20.3. The number of nitrogens with one attached hydrogen (secondary N) is 2. The molecule has 0 spiro atoms. The van der Waals surface area contributed by atoms with E-state index in [0.717, 1.165) is 48.4 Å². The molecule has 2 fully saturated rings. The summed E-state index contributed by atoms with van der Waals surface area (Å²) in [5.74, 6) is 3.65. The average Bonchev–Trinajstić information content (AvgIpc) is 2.78. The van der Waals surface area contributed by atoms with Gasteiger partial charge in [0.05, 0.1) is 13.2 Å². The van der Waals surface area contributed by atoms with Crippen molar-refractivity contribution >= 4 is 46.5 Å². The minimum absolute atomic E-state index is 0.491. The molecular formula is C23H31ClN6OS. The highest BCUT2D eigenvalue weighted by Crippen LogP contribution is 2.28. The van der Waals surface area contributed by atoms with E-state index >= 15 is 0 Å². The standard InChI is InChI=1S/C23H31ClN6OS/c1-16-11-17(2)15-30(14-16)21-12-20(29-7-9-31-10-8-29)26-22(27-21)28-23(32)25-13-18-3-5-19(24)6-4-18/h3-6,12,16-17H,7-11,13-15H2,1-2H3,(H2,25,26,27,28,32)/t16-,17+. The van der Waals surface area contributed by atoms with Crippen LogP contribution in [0.5, 0.6) is 0 Å². The fraction of sp³-hybridized carbons (Fsp3) is 0.522. The van der Waals surface area contributed by atoms with Gasteiger partial charge in [0.1, 0.15) is 11.6 Å². The van der Waals surface area contributed by atoms with Crippen molar-refractivity contribution < 1.29 is 4.74 Å². The number of anilines is 3. The van der Waals surface area contributed by atoms with E-state index in [1.165, 1.54) is 6.42 Å². The van der Waals surface area contributed by atoms with Crippen LogP contribution in [0.25, 0.3) is 0 Å². The maximum absolute atomic E-state index is 5.97. The van der Waals surface area contributed by atoms with Gasteiger partial charge >= 0.3 is 0 Å². The molecular weight excluding hydrogens is 444 g/mol. The maximum atomic E-state index is 5.97. The van der Waals surface area contributed by atoms with E-state index in [4.69, 9.17) is 38.5 Å². The Labute approximate surface area is 200 Å². The number of piperidine rings is 1. The third kappa shape index (κ3) is 6.21. The Kier molecular flexibility index (Phi) is 7.65. The Morgan fingerprint density at radius 1 is 1.06 bits per heavy atom. The molecule has 1 aromatic heterocycles. The highest BCUT2D eigenvalue weighted by molar-refractivity contribution is 7.80. The van der Waals surface area contributed by atoms with Crippen LogP contribution in [0.15, 0.2) is 30.3 Å². The summed E-state index contributed by atoms with van der Waals surface area (Å²) in [4.78, 5) is 14.2. The first-order valence-corrected chi connectivity index (χ1v) is 12.0. The van der Waals surface area contributed by atoms with Crippen LogP contribution < -0.4 is 20.4 Å². The van der Waals surface area contributed by atoms with E-state index in [2.05, 4.69) is 40.3 Å². The lowest BCUT2D eigenvalue weighted by Gasteiger charge is -2.36. The molecule has 0 amide bonds. The van der Waals surface area contributed by atoms with Crippen molar-refractivity contribution in [2.75, 3.05) is 54.5 Å². The number of morpholine rings is 1. The number of nitrogens with zero attached hydrogens (tertiary/aromatic N) is 4. The lowest BCUT2D eigenvalue weighted by Crippen LogP contribution is -2.40. The predicted octanol–water partition coefficient (Wildman–Crippen LogP) is 3.94. The molecule has 2 atom stereocenters. The molecule has 32 heavy (non-hydrogen) atoms. The Morgan fingerprint density at radius 3 is 2.34 bits per heavy atom. The van der Waals surface area contributed by atoms with Crippen LogP contribution >= 0.6 is 23.8 Å². The van der Waals surface area contributed by atoms with Crippen LogP contribution in [0, 0.1) is 11.8 Å². The summed E-state index contributed by atoms with van der Waals surface area (Å²) in [6.07, 6.45) is 1.25. The summed E-state index contributed by atoms with van der Waals surface area (Å²) < 4.78 is 5.52. The number of hydrogen-bond donors (Lipinski definition) is 2. The van der Waals surface area contributed by atoms with Crippen molar-refractivity contribution in [3.8, 4) is 0 Å². The first kappa shape index (κ1) is 23.0. The normalized spacial score (nSPS) is 21.3. The second-order valence-electron chi connectivity index (χ2n) is 8.79. The van der Waals surface area contributed by atoms with Gasteiger partial charge in [-0.2, -0.15) is 9.97 Å². The Hall–Kier alpha value is -2.16. The Bertz CT molecular complexity index is 911. The second-order valence-corrected chi connectivity index (χ2v) is 9.64. The van der Waals surface area contributed by atoms with Gasteiger partial charge in [-0.3, -0.25) is 0 Å². The molecule has 4 rings (SSSR count). The fourth-order valence-electron chi connectivity index (χ4n) is 4.37. The SMILES string of the molecule is C[C@@H]1C[C@H](C)CN(c2cc(N3CCOCC3)nc(NC(=S)NCc3ccc(Cl)cc3)n2)C1. The van der Waals surface area contributed by atoms with Gasteiger partial charge < -0.3 is 25.2 Å². The third-order valence-corrected chi connectivity index (χ3v) is 6.32. The van der Waals surface area contributed by atoms with E-state index < -0.39 is 0 Å². The molecule has 2 N–H and O–H groups in total. The van der Waals surface area contributed by atoms with Crippen molar-refractivity contribution in [2.45, 2.75) is 26.8 Å². The molecule has 0 unspecified atom stereocenters. The summed E-state index contributed by atoms with van der Waals surface area (Å²) in [6.45, 7) is 10.3. The molecule has 2 aliphatic rings. The number of hydrogen-bond acceptors (Lipinski definition) is 6. The summed E-state index contributed by atoms with van der Waals surface area (Å²) in [5.41, 5.74) is 1.10. The molecule has 9 heteroatoms. The number of ether oxygens (including phenoxy) is 1. The zero-order valence-electron chi connectivity index (χ0n) is 18.7. The number of thiocarbonyl (C=S) groups is 1. The summed E-state index contributed by atoms with van der Waals surface area (Å²) in [6, 6.07) is 9.80. The summed E-state index contributed by atoms with van der Waals surface area (Å²) >= 11 is 11.5. The number of halogens is 1. The van der Waals surface area contributed by atoms with Crippen LogP contribution in [0.3, 0.4) is 0 Å². The molecule has 1 aromatic carbocycles. The smallest absolute Gasteiger partial charge is 0.232 e. The van der Waals surface area contributed by atoms with E-state index in [0.29, 0.717) is 42.7 Å². The highest BCUT2D eigenvalue weighted by atomic mass is 35.5. The fourth-order valence-corrected chi connectivity index (χ4v) is 4.66. The van der Waals surface area contributed by atoms with E-state index in [1.54, 1.807) is 0 Å². The van der Waals surface area contributed by atoms with Crippen molar-refractivity contribution in [3.63, 3.8) is 0 Å². The molecule has 0 bridgehead atoms. The molecule has 2 aromatic rings. The van der Waals surface area contributed by atoms with Crippen LogP contribution in [0.4, 0.5) is 17.6 Å². The van der Waals surface area contributed by atoms with Crippen molar-refractivity contribution in [3.05, 3.63) is 40.9 Å². The minimum atomic E-state index is 0.491. The van der Waals surface area contributed by atoms with Gasteiger partial charge in [-0.25, -0.2) is 0 Å². The van der Waals surface area contributed by atoms with Gasteiger partial charge in [0.25, 0.3) is 0 Å². The van der Waals surface area contributed by atoms with Crippen molar-refractivity contribution in [1.29, 1.82) is 0 Å². The second kappa shape index (κ2) is 10.6. The molecule has 7 nitrogen and oxygen atoms in total. The van der Waals surface area contributed by atoms with Crippen LogP contribution in [-0.4, -0.2) is 54.5 Å². The van der Waals surface area contributed by atoms with Gasteiger partial charge in [-0.1, -0.05) is 37.6 Å². The quantitative estimate of drug-likeness (QED) is 0.632. The molecule has 3 heterocycles. The third-order valence-electron chi connectivity index (χ3n) is 5.82. The molecule has 172 valence electrons. The van der Waals surface area contributed by atoms with Crippen molar-refractivity contribution in [2.24, 2.45) is 11.8 Å². The Balaban J connectivity index is 1.50. The lowest BCUT2D eigenvalue weighted by molar-refractivity contribution is 0.122. The average molecular weight is 475 g/mol. The number of rotatable bonds is 5. The highest BCUT2D eigenvalue weighted by Gasteiger charge is 2.25. The molecule has 2 aliphatic heterocycles. The number of aromatic nitrogens is 2. The topological polar surface area (TPSA) is 65.6 Å². The first-order chi connectivity index (χ1) is 15.5. The monoisotopic (exact) mass is 474 g/mol. The minimum Gasteiger partial charge on any atom is -0.378 e. The van der Waals surface area contributed by atoms with Gasteiger partial charge in [-0.15, -0.1) is 0 Å². The van der Waals surface area contributed by atoms with Crippen LogP contribution in [0.2, 0.25) is 5.02 Å². The van der Waals surface area contributed by atoms with Crippen LogP contribution in [-0.2, 0) is 11.3 Å². The summed E-state index contributed by atoms with van der Waals surface area (Å²) in [7, 11) is 0. The lowest BCUT2D eigenvalue weighted by atomic mass is 9.92.